The van der Waals surface area contributed by atoms with Crippen LogP contribution in [0, 0.1) is 0 Å². The second-order valence-corrected chi connectivity index (χ2v) is 5.76. The second kappa shape index (κ2) is 9.89. The van der Waals surface area contributed by atoms with E-state index in [1.165, 1.54) is 6.07 Å². The van der Waals surface area contributed by atoms with Crippen molar-refractivity contribution in [2.75, 3.05) is 14.2 Å². The van der Waals surface area contributed by atoms with Crippen LogP contribution >= 0.6 is 0 Å². The highest BCUT2D eigenvalue weighted by molar-refractivity contribution is 5.78. The third-order valence-corrected chi connectivity index (χ3v) is 4.15. The van der Waals surface area contributed by atoms with E-state index in [0.29, 0.717) is 18.4 Å². The highest BCUT2D eigenvalue weighted by Gasteiger charge is 2.35. The van der Waals surface area contributed by atoms with E-state index in [1.54, 1.807) is 14.2 Å². The molecule has 0 aromatic heterocycles. The summed E-state index contributed by atoms with van der Waals surface area (Å²) in [5.74, 6) is 0. The van der Waals surface area contributed by atoms with Gasteiger partial charge in [-0.05, 0) is 43.1 Å². The van der Waals surface area contributed by atoms with Crippen molar-refractivity contribution in [1.29, 1.82) is 0 Å². The molecule has 0 saturated heterocycles. The zero-order valence-corrected chi connectivity index (χ0v) is 15.2. The van der Waals surface area contributed by atoms with Crippen LogP contribution in [0.4, 0.5) is 13.2 Å². The van der Waals surface area contributed by atoms with Gasteiger partial charge in [0.1, 0.15) is 6.29 Å². The number of benzene rings is 1. The summed E-state index contributed by atoms with van der Waals surface area (Å²) in [5.41, 5.74) is -0.229. The minimum Gasteiger partial charge on any atom is -0.381 e. The van der Waals surface area contributed by atoms with Crippen LogP contribution in [0.3, 0.4) is 0 Å². The molecule has 2 N–H and O–H groups in total. The molecule has 1 saturated carbocycles. The number of hydrogen-bond donors (Lipinski definition) is 2. The van der Waals surface area contributed by atoms with Crippen molar-refractivity contribution in [2.45, 2.75) is 58.1 Å². The first kappa shape index (κ1) is 21.6. The molecule has 4 nitrogen and oxygen atoms in total. The van der Waals surface area contributed by atoms with Gasteiger partial charge in [-0.1, -0.05) is 13.8 Å². The predicted molar refractivity (Wildman–Crippen MR) is 91.6 cm³/mol. The molecule has 142 valence electrons. The SMILES string of the molecule is CC.CNCc1c(C=O)cc(CNC2CC(OC)C2)cc1C(F)(F)F. The van der Waals surface area contributed by atoms with Crippen LogP contribution in [0.15, 0.2) is 12.1 Å². The van der Waals surface area contributed by atoms with Gasteiger partial charge in [0, 0.05) is 31.8 Å². The maximum atomic E-state index is 13.3. The van der Waals surface area contributed by atoms with Gasteiger partial charge in [-0.15, -0.1) is 0 Å². The van der Waals surface area contributed by atoms with Crippen LogP contribution < -0.4 is 10.6 Å². The molecule has 0 aliphatic heterocycles. The lowest BCUT2D eigenvalue weighted by atomic mass is 9.89. The average Bonchev–Trinajstić information content (AvgIpc) is 2.55. The molecule has 0 spiro atoms. The number of methoxy groups -OCH3 is 1. The number of carbonyl (C=O) groups excluding carboxylic acids is 1. The molecule has 2 rings (SSSR count). The lowest BCUT2D eigenvalue weighted by Gasteiger charge is -2.35. The first-order valence-electron chi connectivity index (χ1n) is 8.48. The van der Waals surface area contributed by atoms with Crippen molar-refractivity contribution in [2.24, 2.45) is 0 Å². The van der Waals surface area contributed by atoms with Crippen LogP contribution in [0.25, 0.3) is 0 Å². The van der Waals surface area contributed by atoms with Crippen molar-refractivity contribution < 1.29 is 22.7 Å². The van der Waals surface area contributed by atoms with E-state index in [1.807, 2.05) is 13.8 Å². The molecule has 25 heavy (non-hydrogen) atoms. The van der Waals surface area contributed by atoms with Crippen molar-refractivity contribution >= 4 is 6.29 Å². The molecule has 1 aromatic rings. The maximum absolute atomic E-state index is 13.3. The van der Waals surface area contributed by atoms with E-state index in [2.05, 4.69) is 10.6 Å². The van der Waals surface area contributed by atoms with Gasteiger partial charge < -0.3 is 15.4 Å². The Balaban J connectivity index is 0.00000151. The van der Waals surface area contributed by atoms with Crippen LogP contribution in [0.5, 0.6) is 0 Å². The Bertz CT molecular complexity index is 556. The highest BCUT2D eigenvalue weighted by Crippen LogP contribution is 2.34. The zero-order valence-electron chi connectivity index (χ0n) is 15.2. The van der Waals surface area contributed by atoms with Gasteiger partial charge in [0.05, 0.1) is 11.7 Å². The minimum atomic E-state index is -4.49. The molecule has 1 aliphatic carbocycles. The van der Waals surface area contributed by atoms with Crippen LogP contribution in [0.1, 0.15) is 53.7 Å². The first-order chi connectivity index (χ1) is 11.9. The lowest BCUT2D eigenvalue weighted by molar-refractivity contribution is -0.138. The second-order valence-electron chi connectivity index (χ2n) is 5.76. The Kier molecular flexibility index (Phi) is 8.55. The summed E-state index contributed by atoms with van der Waals surface area (Å²) in [5, 5.41) is 5.88. The molecule has 0 heterocycles. The van der Waals surface area contributed by atoms with Crippen molar-refractivity contribution in [3.63, 3.8) is 0 Å². The van der Waals surface area contributed by atoms with Gasteiger partial charge in [-0.3, -0.25) is 4.79 Å². The Morgan fingerprint density at radius 3 is 2.36 bits per heavy atom. The summed E-state index contributed by atoms with van der Waals surface area (Å²) in [6.45, 7) is 4.29. The first-order valence-corrected chi connectivity index (χ1v) is 8.48. The Morgan fingerprint density at radius 2 is 1.88 bits per heavy atom. The fraction of sp³-hybridized carbons (Fsp3) is 0.611. The number of ether oxygens (including phenoxy) is 1. The number of halogens is 3. The fourth-order valence-corrected chi connectivity index (χ4v) is 2.78. The van der Waals surface area contributed by atoms with Crippen LogP contribution in [0.2, 0.25) is 0 Å². The van der Waals surface area contributed by atoms with Gasteiger partial charge in [-0.25, -0.2) is 0 Å². The highest BCUT2D eigenvalue weighted by atomic mass is 19.4. The summed E-state index contributed by atoms with van der Waals surface area (Å²) in [7, 11) is 3.19. The Labute approximate surface area is 147 Å². The third-order valence-electron chi connectivity index (χ3n) is 4.15. The molecule has 1 aliphatic rings. The number of carbonyl (C=O) groups is 1. The average molecular weight is 360 g/mol. The number of nitrogens with one attached hydrogen (secondary N) is 2. The van der Waals surface area contributed by atoms with E-state index >= 15 is 0 Å². The van der Waals surface area contributed by atoms with Crippen molar-refractivity contribution in [3.05, 3.63) is 34.4 Å². The minimum absolute atomic E-state index is 0.00519. The van der Waals surface area contributed by atoms with Gasteiger partial charge in [0.15, 0.2) is 0 Å². The van der Waals surface area contributed by atoms with Crippen LogP contribution in [-0.2, 0) is 24.0 Å². The molecule has 0 unspecified atom stereocenters. The summed E-state index contributed by atoms with van der Waals surface area (Å²) in [6.07, 6.45) is -2.09. The molecule has 0 radical (unpaired) electrons. The topological polar surface area (TPSA) is 50.4 Å². The summed E-state index contributed by atoms with van der Waals surface area (Å²) < 4.78 is 45.0. The van der Waals surface area contributed by atoms with E-state index in [-0.39, 0.29) is 29.8 Å². The van der Waals surface area contributed by atoms with E-state index in [0.717, 1.165) is 18.9 Å². The number of hydrogen-bond acceptors (Lipinski definition) is 4. The normalized spacial score (nSPS) is 19.6. The molecule has 0 atom stereocenters. The molecule has 0 bridgehead atoms. The van der Waals surface area contributed by atoms with E-state index in [9.17, 15) is 18.0 Å². The number of alkyl halides is 3. The van der Waals surface area contributed by atoms with Crippen LogP contribution in [-0.4, -0.2) is 32.6 Å². The molecule has 1 aromatic carbocycles. The van der Waals surface area contributed by atoms with Gasteiger partial charge in [-0.2, -0.15) is 13.2 Å². The molecular weight excluding hydrogens is 333 g/mol. The Hall–Kier alpha value is -1.44. The largest absolute Gasteiger partial charge is 0.416 e. The maximum Gasteiger partial charge on any atom is 0.416 e. The van der Waals surface area contributed by atoms with E-state index in [4.69, 9.17) is 4.74 Å². The van der Waals surface area contributed by atoms with Crippen molar-refractivity contribution in [3.8, 4) is 0 Å². The standard InChI is InChI=1S/C16H21F3N2O2.C2H6/c1-20-8-14-11(9-22)3-10(4-15(14)16(17,18)19)7-21-12-5-13(6-12)23-2;1-2/h3-4,9,12-13,20-21H,5-8H2,1-2H3;1-2H3. The molecule has 1 fully saturated rings. The van der Waals surface area contributed by atoms with Gasteiger partial charge >= 0.3 is 6.18 Å². The smallest absolute Gasteiger partial charge is 0.381 e. The monoisotopic (exact) mass is 360 g/mol. The summed E-state index contributed by atoms with van der Waals surface area (Å²) in [4.78, 5) is 11.2. The Morgan fingerprint density at radius 1 is 1.24 bits per heavy atom. The third kappa shape index (κ3) is 5.80. The molecule has 7 heteroatoms. The quantitative estimate of drug-likeness (QED) is 0.731. The van der Waals surface area contributed by atoms with E-state index < -0.39 is 11.7 Å². The summed E-state index contributed by atoms with van der Waals surface area (Å²) in [6, 6.07) is 2.89. The predicted octanol–water partition coefficient (Wildman–Crippen LogP) is 3.53. The van der Waals surface area contributed by atoms with Gasteiger partial charge in [0.25, 0.3) is 0 Å². The summed E-state index contributed by atoms with van der Waals surface area (Å²) >= 11 is 0. The lowest BCUT2D eigenvalue weighted by Crippen LogP contribution is -2.44. The van der Waals surface area contributed by atoms with Gasteiger partial charge in [0.2, 0.25) is 0 Å². The number of aldehydes is 1. The molecule has 0 amide bonds. The van der Waals surface area contributed by atoms with Crippen molar-refractivity contribution in [1.82, 2.24) is 10.6 Å². The number of rotatable bonds is 7. The zero-order chi connectivity index (χ0) is 19.0. The molecular formula is C18H27F3N2O2. The fourth-order valence-electron chi connectivity index (χ4n) is 2.78.